The Morgan fingerprint density at radius 2 is 2.00 bits per heavy atom. The zero-order chi connectivity index (χ0) is 21.8. The summed E-state index contributed by atoms with van der Waals surface area (Å²) in [6.07, 6.45) is 3.62. The van der Waals surface area contributed by atoms with E-state index in [9.17, 15) is 13.6 Å². The fourth-order valence-corrected chi connectivity index (χ4v) is 4.31. The summed E-state index contributed by atoms with van der Waals surface area (Å²) in [5.41, 5.74) is 2.49. The van der Waals surface area contributed by atoms with E-state index >= 15 is 0 Å². The molecular formula is C24H29F2N3O2. The van der Waals surface area contributed by atoms with Crippen molar-refractivity contribution < 1.29 is 18.3 Å². The Bertz CT molecular complexity index is 929. The fraction of sp³-hybridized carbons (Fsp3) is 0.458. The zero-order valence-electron chi connectivity index (χ0n) is 17.9. The number of urea groups is 1. The quantitative estimate of drug-likeness (QED) is 0.779. The van der Waals surface area contributed by atoms with E-state index in [4.69, 9.17) is 4.74 Å². The molecule has 2 heterocycles. The van der Waals surface area contributed by atoms with Gasteiger partial charge in [-0.2, -0.15) is 0 Å². The summed E-state index contributed by atoms with van der Waals surface area (Å²) in [6.45, 7) is 3.01. The first-order chi connectivity index (χ1) is 15.0. The molecule has 2 aliphatic rings. The number of fused-ring (bicyclic) bond motifs is 1. The predicted molar refractivity (Wildman–Crippen MR) is 115 cm³/mol. The third kappa shape index (κ3) is 5.34. The number of rotatable bonds is 5. The first-order valence-corrected chi connectivity index (χ1v) is 10.9. The van der Waals surface area contributed by atoms with Crippen molar-refractivity contribution in [3.63, 3.8) is 0 Å². The van der Waals surface area contributed by atoms with Crippen LogP contribution in [0.2, 0.25) is 0 Å². The Morgan fingerprint density at radius 3 is 2.77 bits per heavy atom. The summed E-state index contributed by atoms with van der Waals surface area (Å²) in [5, 5.41) is 3.00. The van der Waals surface area contributed by atoms with Crippen LogP contribution in [0.25, 0.3) is 0 Å². The number of nitrogens with zero attached hydrogens (tertiary/aromatic N) is 2. The SMILES string of the molecule is CN1CCC(N(Cc2ccc(F)cc2F)C(=O)NCc2ccc3c(c2)CCCO3)CC1. The molecule has 0 aliphatic carbocycles. The number of benzene rings is 2. The van der Waals surface area contributed by atoms with Crippen LogP contribution in [-0.4, -0.2) is 48.6 Å². The Balaban J connectivity index is 1.46. The van der Waals surface area contributed by atoms with Gasteiger partial charge in [-0.25, -0.2) is 13.6 Å². The maximum Gasteiger partial charge on any atom is 0.318 e. The molecule has 2 amide bonds. The summed E-state index contributed by atoms with van der Waals surface area (Å²) < 4.78 is 33.3. The number of carbonyl (C=O) groups is 1. The maximum atomic E-state index is 14.3. The highest BCUT2D eigenvalue weighted by molar-refractivity contribution is 5.74. The van der Waals surface area contributed by atoms with E-state index in [1.54, 1.807) is 4.90 Å². The topological polar surface area (TPSA) is 44.8 Å². The fourth-order valence-electron chi connectivity index (χ4n) is 4.31. The Hall–Kier alpha value is -2.67. The number of nitrogens with one attached hydrogen (secondary N) is 1. The minimum Gasteiger partial charge on any atom is -0.493 e. The average Bonchev–Trinajstić information content (AvgIpc) is 2.77. The van der Waals surface area contributed by atoms with Gasteiger partial charge in [-0.3, -0.25) is 0 Å². The van der Waals surface area contributed by atoms with Gasteiger partial charge in [0.15, 0.2) is 0 Å². The van der Waals surface area contributed by atoms with E-state index in [0.29, 0.717) is 12.1 Å². The Kier molecular flexibility index (Phi) is 6.70. The molecule has 2 aromatic rings. The lowest BCUT2D eigenvalue weighted by Gasteiger charge is -2.37. The van der Waals surface area contributed by atoms with Crippen molar-refractivity contribution in [2.75, 3.05) is 26.7 Å². The molecule has 5 nitrogen and oxygen atoms in total. The van der Waals surface area contributed by atoms with Gasteiger partial charge in [-0.05, 0) is 69.1 Å². The average molecular weight is 430 g/mol. The van der Waals surface area contributed by atoms with Crippen LogP contribution in [0.3, 0.4) is 0 Å². The Labute approximate surface area is 182 Å². The molecule has 0 saturated carbocycles. The monoisotopic (exact) mass is 429 g/mol. The van der Waals surface area contributed by atoms with Gasteiger partial charge >= 0.3 is 6.03 Å². The standard InChI is InChI=1S/C24H29F2N3O2/c1-28-10-8-21(9-11-28)29(16-19-5-6-20(25)14-22(19)26)24(30)27-15-17-4-7-23-18(13-17)3-2-12-31-23/h4-7,13-14,21H,2-3,8-12,15-16H2,1H3,(H,27,30). The van der Waals surface area contributed by atoms with E-state index < -0.39 is 11.6 Å². The van der Waals surface area contributed by atoms with Gasteiger partial charge in [0.1, 0.15) is 17.4 Å². The number of piperidine rings is 1. The third-order valence-corrected chi connectivity index (χ3v) is 6.16. The number of hydrogen-bond acceptors (Lipinski definition) is 3. The molecule has 166 valence electrons. The maximum absolute atomic E-state index is 14.3. The van der Waals surface area contributed by atoms with Crippen LogP contribution < -0.4 is 10.1 Å². The molecule has 0 unspecified atom stereocenters. The minimum atomic E-state index is -0.625. The lowest BCUT2D eigenvalue weighted by molar-refractivity contribution is 0.126. The molecule has 2 aromatic carbocycles. The van der Waals surface area contributed by atoms with Crippen molar-refractivity contribution in [3.8, 4) is 5.75 Å². The molecule has 1 saturated heterocycles. The Morgan fingerprint density at radius 1 is 1.19 bits per heavy atom. The van der Waals surface area contributed by atoms with Crippen LogP contribution >= 0.6 is 0 Å². The van der Waals surface area contributed by atoms with Crippen molar-refractivity contribution in [3.05, 3.63) is 64.7 Å². The largest absolute Gasteiger partial charge is 0.493 e. The number of carbonyl (C=O) groups excluding carboxylic acids is 1. The number of likely N-dealkylation sites (tertiary alicyclic amines) is 1. The summed E-state index contributed by atoms with van der Waals surface area (Å²) in [4.78, 5) is 17.1. The molecule has 2 aliphatic heterocycles. The van der Waals surface area contributed by atoms with Gasteiger partial charge in [0.2, 0.25) is 0 Å². The molecule has 0 atom stereocenters. The summed E-state index contributed by atoms with van der Waals surface area (Å²) in [6, 6.07) is 9.30. The van der Waals surface area contributed by atoms with Gasteiger partial charge in [0, 0.05) is 24.2 Å². The molecule has 1 fully saturated rings. The second-order valence-corrected chi connectivity index (χ2v) is 8.45. The van der Waals surface area contributed by atoms with E-state index in [2.05, 4.69) is 23.3 Å². The van der Waals surface area contributed by atoms with E-state index in [0.717, 1.165) is 62.8 Å². The highest BCUT2D eigenvalue weighted by Crippen LogP contribution is 2.26. The zero-order valence-corrected chi connectivity index (χ0v) is 17.9. The molecule has 4 rings (SSSR count). The molecule has 7 heteroatoms. The van der Waals surface area contributed by atoms with E-state index in [1.165, 1.54) is 17.7 Å². The van der Waals surface area contributed by atoms with Crippen molar-refractivity contribution in [2.45, 2.75) is 44.8 Å². The van der Waals surface area contributed by atoms with Gasteiger partial charge in [0.05, 0.1) is 13.2 Å². The minimum absolute atomic E-state index is 0.0117. The molecule has 0 radical (unpaired) electrons. The van der Waals surface area contributed by atoms with Crippen LogP contribution in [-0.2, 0) is 19.5 Å². The summed E-state index contributed by atoms with van der Waals surface area (Å²) in [7, 11) is 2.06. The summed E-state index contributed by atoms with van der Waals surface area (Å²) in [5.74, 6) is -0.325. The van der Waals surface area contributed by atoms with Gasteiger partial charge in [-0.1, -0.05) is 18.2 Å². The number of aryl methyl sites for hydroxylation is 1. The lowest BCUT2D eigenvalue weighted by atomic mass is 10.0. The van der Waals surface area contributed by atoms with Crippen LogP contribution in [0.1, 0.15) is 36.0 Å². The van der Waals surface area contributed by atoms with Crippen molar-refractivity contribution in [1.82, 2.24) is 15.1 Å². The van der Waals surface area contributed by atoms with Gasteiger partial charge in [0.25, 0.3) is 0 Å². The molecular weight excluding hydrogens is 400 g/mol. The number of halogens is 2. The number of amides is 2. The van der Waals surface area contributed by atoms with Gasteiger partial charge in [-0.15, -0.1) is 0 Å². The van der Waals surface area contributed by atoms with Gasteiger partial charge < -0.3 is 19.9 Å². The normalized spacial score (nSPS) is 17.0. The van der Waals surface area contributed by atoms with Crippen LogP contribution in [0, 0.1) is 11.6 Å². The number of ether oxygens (including phenoxy) is 1. The second kappa shape index (κ2) is 9.64. The lowest BCUT2D eigenvalue weighted by Crippen LogP contribution is -2.49. The number of hydrogen-bond donors (Lipinski definition) is 1. The predicted octanol–water partition coefficient (Wildman–Crippen LogP) is 4.10. The molecule has 0 aromatic heterocycles. The highest BCUT2D eigenvalue weighted by atomic mass is 19.1. The van der Waals surface area contributed by atoms with E-state index in [-0.39, 0.29) is 18.6 Å². The second-order valence-electron chi connectivity index (χ2n) is 8.45. The summed E-state index contributed by atoms with van der Waals surface area (Å²) >= 11 is 0. The van der Waals surface area contributed by atoms with E-state index in [1.807, 2.05) is 12.1 Å². The van der Waals surface area contributed by atoms with Crippen molar-refractivity contribution >= 4 is 6.03 Å². The van der Waals surface area contributed by atoms with Crippen LogP contribution in [0.4, 0.5) is 13.6 Å². The van der Waals surface area contributed by atoms with Crippen molar-refractivity contribution in [1.29, 1.82) is 0 Å². The molecule has 0 spiro atoms. The highest BCUT2D eigenvalue weighted by Gasteiger charge is 2.28. The van der Waals surface area contributed by atoms with Crippen LogP contribution in [0.15, 0.2) is 36.4 Å². The first-order valence-electron chi connectivity index (χ1n) is 10.9. The first kappa shape index (κ1) is 21.6. The third-order valence-electron chi connectivity index (χ3n) is 6.16. The smallest absolute Gasteiger partial charge is 0.318 e. The van der Waals surface area contributed by atoms with Crippen molar-refractivity contribution in [2.24, 2.45) is 0 Å². The molecule has 0 bridgehead atoms. The van der Waals surface area contributed by atoms with Crippen LogP contribution in [0.5, 0.6) is 5.75 Å². The molecule has 1 N–H and O–H groups in total. The molecule has 31 heavy (non-hydrogen) atoms.